The molecule has 0 aromatic carbocycles. The average molecular weight is 268 g/mol. The Labute approximate surface area is 117 Å². The van der Waals surface area contributed by atoms with Crippen LogP contribution in [0.5, 0.6) is 0 Å². The van der Waals surface area contributed by atoms with Gasteiger partial charge in [0.05, 0.1) is 0 Å². The quantitative estimate of drug-likeness (QED) is 0.733. The Hall–Kier alpha value is -0.770. The molecule has 1 unspecified atom stereocenters. The maximum atomic E-state index is 12.2. The molecule has 2 aliphatic rings. The van der Waals surface area contributed by atoms with Crippen molar-refractivity contribution in [2.45, 2.75) is 64.5 Å². The fraction of sp³-hybridized carbons (Fsp3) is 0.933. The molecule has 0 saturated carbocycles. The summed E-state index contributed by atoms with van der Waals surface area (Å²) >= 11 is 0. The van der Waals surface area contributed by atoms with Crippen molar-refractivity contribution in [1.82, 2.24) is 9.80 Å². The molecule has 0 aromatic rings. The zero-order chi connectivity index (χ0) is 14.1. The third kappa shape index (κ3) is 3.22. The van der Waals surface area contributed by atoms with Crippen LogP contribution in [0.3, 0.4) is 0 Å². The summed E-state index contributed by atoms with van der Waals surface area (Å²) in [7, 11) is 0. The summed E-state index contributed by atoms with van der Waals surface area (Å²) in [4.78, 5) is 16.7. The Kier molecular flexibility index (Phi) is 4.09. The van der Waals surface area contributed by atoms with Crippen molar-refractivity contribution in [3.63, 3.8) is 0 Å². The molecule has 2 saturated heterocycles. The molecule has 19 heavy (non-hydrogen) atoms. The van der Waals surface area contributed by atoms with E-state index in [1.807, 2.05) is 25.7 Å². The van der Waals surface area contributed by atoms with E-state index in [0.29, 0.717) is 0 Å². The van der Waals surface area contributed by atoms with Crippen LogP contribution in [0.15, 0.2) is 0 Å². The first kappa shape index (κ1) is 14.6. The van der Waals surface area contributed by atoms with Gasteiger partial charge >= 0.3 is 6.09 Å². The van der Waals surface area contributed by atoms with Crippen molar-refractivity contribution in [2.75, 3.05) is 26.2 Å². The molecule has 2 aliphatic heterocycles. The van der Waals surface area contributed by atoms with Gasteiger partial charge in [-0.15, -0.1) is 0 Å². The lowest BCUT2D eigenvalue weighted by Gasteiger charge is -2.45. The monoisotopic (exact) mass is 268 g/mol. The number of hydrogen-bond acceptors (Lipinski definition) is 3. The Bertz CT molecular complexity index is 338. The van der Waals surface area contributed by atoms with Gasteiger partial charge in [0.1, 0.15) is 5.60 Å². The molecule has 0 N–H and O–H groups in total. The van der Waals surface area contributed by atoms with Crippen molar-refractivity contribution in [3.05, 3.63) is 0 Å². The lowest BCUT2D eigenvalue weighted by molar-refractivity contribution is -0.00398. The fourth-order valence-corrected chi connectivity index (χ4v) is 3.54. The Morgan fingerprint density at radius 1 is 1.21 bits per heavy atom. The summed E-state index contributed by atoms with van der Waals surface area (Å²) in [6.45, 7) is 12.0. The number of nitrogens with zero attached hydrogens (tertiary/aromatic N) is 2. The van der Waals surface area contributed by atoms with Crippen LogP contribution in [0, 0.1) is 0 Å². The molecule has 2 heterocycles. The number of amides is 1. The normalized spacial score (nSPS) is 28.9. The molecule has 4 heteroatoms. The zero-order valence-electron chi connectivity index (χ0n) is 12.9. The molecule has 0 aliphatic carbocycles. The second-order valence-corrected chi connectivity index (χ2v) is 6.91. The molecule has 0 bridgehead atoms. The highest BCUT2D eigenvalue weighted by Crippen LogP contribution is 2.37. The number of likely N-dealkylation sites (N-methyl/N-ethyl adjacent to an activating group) is 1. The van der Waals surface area contributed by atoms with Crippen LogP contribution in [0.25, 0.3) is 0 Å². The number of ether oxygens (including phenoxy) is 1. The minimum atomic E-state index is -0.401. The van der Waals surface area contributed by atoms with Crippen LogP contribution in [-0.2, 0) is 4.74 Å². The summed E-state index contributed by atoms with van der Waals surface area (Å²) in [6.07, 6.45) is 4.65. The van der Waals surface area contributed by atoms with Gasteiger partial charge < -0.3 is 9.64 Å². The summed E-state index contributed by atoms with van der Waals surface area (Å²) in [5.74, 6) is 0. The first-order valence-electron chi connectivity index (χ1n) is 7.59. The molecule has 1 amide bonds. The fourth-order valence-electron chi connectivity index (χ4n) is 3.54. The van der Waals surface area contributed by atoms with E-state index in [1.165, 1.54) is 25.8 Å². The van der Waals surface area contributed by atoms with Crippen LogP contribution in [0.2, 0.25) is 0 Å². The second kappa shape index (κ2) is 5.31. The van der Waals surface area contributed by atoms with Crippen LogP contribution in [0.4, 0.5) is 4.79 Å². The van der Waals surface area contributed by atoms with Gasteiger partial charge in [-0.05, 0) is 59.5 Å². The number of rotatable bonds is 1. The van der Waals surface area contributed by atoms with Crippen molar-refractivity contribution < 1.29 is 9.53 Å². The zero-order valence-corrected chi connectivity index (χ0v) is 12.9. The van der Waals surface area contributed by atoms with E-state index in [2.05, 4.69) is 11.8 Å². The third-order valence-corrected chi connectivity index (χ3v) is 4.33. The highest BCUT2D eigenvalue weighted by Gasteiger charge is 2.44. The van der Waals surface area contributed by atoms with Gasteiger partial charge in [-0.3, -0.25) is 4.90 Å². The van der Waals surface area contributed by atoms with Gasteiger partial charge in [-0.1, -0.05) is 6.92 Å². The molecule has 0 aromatic heterocycles. The first-order valence-corrected chi connectivity index (χ1v) is 7.59. The van der Waals surface area contributed by atoms with Crippen molar-refractivity contribution in [1.29, 1.82) is 0 Å². The largest absolute Gasteiger partial charge is 0.444 e. The molecule has 1 spiro atoms. The molecule has 4 nitrogen and oxygen atoms in total. The van der Waals surface area contributed by atoms with Crippen LogP contribution >= 0.6 is 0 Å². The number of carbonyl (C=O) groups is 1. The van der Waals surface area contributed by atoms with E-state index < -0.39 is 5.60 Å². The van der Waals surface area contributed by atoms with Gasteiger partial charge in [0, 0.05) is 18.6 Å². The average Bonchev–Trinajstić information content (AvgIpc) is 2.69. The number of carbonyl (C=O) groups excluding carboxylic acids is 1. The minimum absolute atomic E-state index is 0.144. The van der Waals surface area contributed by atoms with E-state index in [0.717, 1.165) is 26.1 Å². The second-order valence-electron chi connectivity index (χ2n) is 6.91. The Morgan fingerprint density at radius 2 is 1.84 bits per heavy atom. The topological polar surface area (TPSA) is 32.8 Å². The molecule has 110 valence electrons. The Balaban J connectivity index is 2.03. The van der Waals surface area contributed by atoms with Gasteiger partial charge in [0.25, 0.3) is 0 Å². The van der Waals surface area contributed by atoms with E-state index in [-0.39, 0.29) is 11.6 Å². The standard InChI is InChI=1S/C15H28N2O2/c1-5-17-11-7-9-15(17)8-6-10-16(12-15)13(18)19-14(2,3)4/h5-12H2,1-4H3. The van der Waals surface area contributed by atoms with Crippen LogP contribution < -0.4 is 0 Å². The minimum Gasteiger partial charge on any atom is -0.444 e. The molecule has 0 radical (unpaired) electrons. The number of likely N-dealkylation sites (tertiary alicyclic amines) is 2. The Morgan fingerprint density at radius 3 is 2.42 bits per heavy atom. The highest BCUT2D eigenvalue weighted by molar-refractivity contribution is 5.68. The predicted octanol–water partition coefficient (Wildman–Crippen LogP) is 2.87. The van der Waals surface area contributed by atoms with E-state index in [1.54, 1.807) is 0 Å². The van der Waals surface area contributed by atoms with E-state index in [4.69, 9.17) is 4.74 Å². The maximum absolute atomic E-state index is 12.2. The van der Waals surface area contributed by atoms with Gasteiger partial charge in [0.2, 0.25) is 0 Å². The number of piperidine rings is 1. The van der Waals surface area contributed by atoms with E-state index >= 15 is 0 Å². The first-order chi connectivity index (χ1) is 8.86. The summed E-state index contributed by atoms with van der Waals surface area (Å²) in [6, 6.07) is 0. The summed E-state index contributed by atoms with van der Waals surface area (Å²) in [5, 5.41) is 0. The highest BCUT2D eigenvalue weighted by atomic mass is 16.6. The molecular formula is C15H28N2O2. The molecule has 2 fully saturated rings. The smallest absolute Gasteiger partial charge is 0.410 e. The lowest BCUT2D eigenvalue weighted by Crippen LogP contribution is -2.57. The van der Waals surface area contributed by atoms with Crippen molar-refractivity contribution in [2.24, 2.45) is 0 Å². The third-order valence-electron chi connectivity index (χ3n) is 4.33. The van der Waals surface area contributed by atoms with E-state index in [9.17, 15) is 4.79 Å². The van der Waals surface area contributed by atoms with Gasteiger partial charge in [-0.2, -0.15) is 0 Å². The van der Waals surface area contributed by atoms with Gasteiger partial charge in [-0.25, -0.2) is 4.79 Å². The molecular weight excluding hydrogens is 240 g/mol. The maximum Gasteiger partial charge on any atom is 0.410 e. The van der Waals surface area contributed by atoms with Gasteiger partial charge in [0.15, 0.2) is 0 Å². The SMILES string of the molecule is CCN1CCCC12CCCN(C(=O)OC(C)(C)C)C2. The summed E-state index contributed by atoms with van der Waals surface area (Å²) < 4.78 is 5.52. The van der Waals surface area contributed by atoms with Crippen molar-refractivity contribution >= 4 is 6.09 Å². The van der Waals surface area contributed by atoms with Crippen LogP contribution in [0.1, 0.15) is 53.4 Å². The molecule has 1 atom stereocenters. The van der Waals surface area contributed by atoms with Crippen LogP contribution in [-0.4, -0.2) is 53.2 Å². The predicted molar refractivity (Wildman–Crippen MR) is 76.3 cm³/mol. The summed E-state index contributed by atoms with van der Waals surface area (Å²) in [5.41, 5.74) is -0.175. The molecule has 2 rings (SSSR count). The number of hydrogen-bond donors (Lipinski definition) is 0. The van der Waals surface area contributed by atoms with Crippen molar-refractivity contribution in [3.8, 4) is 0 Å². The lowest BCUT2D eigenvalue weighted by atomic mass is 9.86.